The second-order valence-corrected chi connectivity index (χ2v) is 20.9. The van der Waals surface area contributed by atoms with E-state index < -0.39 is 0 Å². The Hall–Kier alpha value is -4.32. The first-order chi connectivity index (χ1) is 38.6. The zero-order chi connectivity index (χ0) is 54.2. The molecule has 4 N–H and O–H groups in total. The number of fused-ring (bicyclic) bond motifs is 8. The molecule has 0 atom stereocenters. The van der Waals surface area contributed by atoms with E-state index in [1.54, 1.807) is 0 Å². The number of rotatable bonds is 24. The van der Waals surface area contributed by atoms with Crippen LogP contribution in [0.1, 0.15) is 122 Å². The lowest BCUT2D eigenvalue weighted by molar-refractivity contribution is 0.108. The van der Waals surface area contributed by atoms with Crippen molar-refractivity contribution in [2.75, 3.05) is 158 Å². The lowest BCUT2D eigenvalue weighted by Crippen LogP contribution is -2.32. The first kappa shape index (κ1) is 61.3. The molecule has 3 aliphatic rings. The smallest absolute Gasteiger partial charge is 0.126 e. The summed E-state index contributed by atoms with van der Waals surface area (Å²) in [5.41, 5.74) is 11.5. The minimum absolute atomic E-state index is 0.430. The Labute approximate surface area is 469 Å². The van der Waals surface area contributed by atoms with Gasteiger partial charge in [0, 0.05) is 65.2 Å². The fourth-order valence-electron chi connectivity index (χ4n) is 11.1. The molecule has 7 rings (SSSR count). The summed E-state index contributed by atoms with van der Waals surface area (Å²) in [6, 6.07) is 23.0. The van der Waals surface area contributed by atoms with Crippen molar-refractivity contribution < 1.29 is 37.9 Å². The fraction of sp³-hybridized carbons (Fsp3) is 0.625. The Morgan fingerprint density at radius 1 is 0.333 bits per heavy atom. The topological polar surface area (TPSA) is 128 Å². The molecule has 0 aromatic heterocycles. The van der Waals surface area contributed by atoms with Crippen molar-refractivity contribution in [2.24, 2.45) is 0 Å². The van der Waals surface area contributed by atoms with Crippen LogP contribution < -0.4 is 40.2 Å². The molecule has 0 saturated carbocycles. The zero-order valence-corrected chi connectivity index (χ0v) is 48.4. The summed E-state index contributed by atoms with van der Waals surface area (Å²) in [4.78, 5) is 5.31. The van der Waals surface area contributed by atoms with Gasteiger partial charge >= 0.3 is 0 Å². The highest BCUT2D eigenvalue weighted by molar-refractivity contribution is 5.57. The first-order valence-corrected chi connectivity index (χ1v) is 30.2. The molecule has 2 aliphatic heterocycles. The van der Waals surface area contributed by atoms with Gasteiger partial charge in [0.05, 0.1) is 26.4 Å². The van der Waals surface area contributed by atoms with E-state index >= 15 is 0 Å². The molecule has 1 aliphatic carbocycles. The second-order valence-electron chi connectivity index (χ2n) is 20.9. The van der Waals surface area contributed by atoms with E-state index in [9.17, 15) is 0 Å². The molecule has 0 unspecified atom stereocenters. The molecule has 8 bridgehead atoms. The number of benzene rings is 4. The average molecular weight is 1080 g/mol. The predicted molar refractivity (Wildman–Crippen MR) is 315 cm³/mol. The Bertz CT molecular complexity index is 2140. The van der Waals surface area contributed by atoms with Crippen LogP contribution in [-0.2, 0) is 57.7 Å². The third-order valence-electron chi connectivity index (χ3n) is 14.7. The van der Waals surface area contributed by atoms with Gasteiger partial charge in [-0.1, -0.05) is 60.7 Å². The fourth-order valence-corrected chi connectivity index (χ4v) is 11.1. The number of hydrogen-bond donors (Lipinski definition) is 4. The van der Waals surface area contributed by atoms with Gasteiger partial charge in [-0.05, 0) is 200 Å². The summed E-state index contributed by atoms with van der Waals surface area (Å²) in [7, 11) is 0. The normalized spacial score (nSPS) is 17.0. The monoisotopic (exact) mass is 1080 g/mol. The Kier molecular flexibility index (Phi) is 28.4. The van der Waals surface area contributed by atoms with E-state index in [2.05, 4.69) is 91.7 Å². The molecule has 4 aromatic rings. The molecule has 2 saturated heterocycles. The molecule has 4 aromatic carbocycles. The van der Waals surface area contributed by atoms with E-state index in [1.807, 2.05) is 27.7 Å². The van der Waals surface area contributed by atoms with Crippen LogP contribution in [0.15, 0.2) is 60.7 Å². The average Bonchev–Trinajstić information content (AvgIpc) is 3.49. The lowest BCUT2D eigenvalue weighted by atomic mass is 9.89. The summed E-state index contributed by atoms with van der Waals surface area (Å²) < 4.78 is 51.7. The molecule has 14 heteroatoms. The Balaban J connectivity index is 1.44. The maximum Gasteiger partial charge on any atom is 0.126 e. The van der Waals surface area contributed by atoms with Crippen molar-refractivity contribution in [3.05, 3.63) is 116 Å². The summed E-state index contributed by atoms with van der Waals surface area (Å²) in [6.45, 7) is 28.4. The van der Waals surface area contributed by atoms with Crippen molar-refractivity contribution in [3.8, 4) is 23.0 Å². The molecule has 14 nitrogen and oxygen atoms in total. The first-order valence-electron chi connectivity index (χ1n) is 30.2. The maximum atomic E-state index is 7.10. The van der Waals surface area contributed by atoms with Gasteiger partial charge < -0.3 is 59.2 Å². The van der Waals surface area contributed by atoms with Crippen molar-refractivity contribution in [2.45, 2.75) is 105 Å². The summed E-state index contributed by atoms with van der Waals surface area (Å²) >= 11 is 0. The van der Waals surface area contributed by atoms with Gasteiger partial charge in [0.25, 0.3) is 0 Å². The summed E-state index contributed by atoms with van der Waals surface area (Å²) in [5.74, 6) is 3.59. The highest BCUT2D eigenvalue weighted by atomic mass is 16.5. The number of nitrogens with one attached hydrogen (secondary N) is 4. The van der Waals surface area contributed by atoms with Crippen LogP contribution in [0.25, 0.3) is 0 Å². The second kappa shape index (κ2) is 36.1. The van der Waals surface area contributed by atoms with E-state index in [0.717, 1.165) is 198 Å². The van der Waals surface area contributed by atoms with Crippen LogP contribution in [0, 0.1) is 0 Å². The molecule has 0 spiro atoms. The molecule has 0 amide bonds. The van der Waals surface area contributed by atoms with Crippen LogP contribution in [0.3, 0.4) is 0 Å². The van der Waals surface area contributed by atoms with Crippen LogP contribution >= 0.6 is 0 Å². The largest absolute Gasteiger partial charge is 0.491 e. The third-order valence-corrected chi connectivity index (χ3v) is 14.7. The number of nitrogens with zero attached hydrogens (tertiary/aromatic N) is 2. The van der Waals surface area contributed by atoms with E-state index in [1.165, 1.54) is 11.1 Å². The standard InChI is InChI=1S/C64H98N6O8/c1-5-71-33-37-75-61-53-17-9-19-55(61)46-57-41-51(49-69-29-13-25-65-21-11-22-66-26-14-30-69)43-59(63(57)77-39-35-73-7-3)48-60-44-52(50-70-31-15-27-67-23-12-24-68-28-16-32-70)42-58(64(60)78-40-36-74-8-4)47-56-20-10-18-54(45-53)62(56)76-38-34-72-6-2/h9-10,17-20,41-44,65-68H,5-8,11-16,21-40,45-50H2,1-4H3. The highest BCUT2D eigenvalue weighted by Crippen LogP contribution is 2.40. The van der Waals surface area contributed by atoms with E-state index in [4.69, 9.17) is 37.9 Å². The van der Waals surface area contributed by atoms with E-state index in [-0.39, 0.29) is 0 Å². The maximum absolute atomic E-state index is 7.10. The molecular weight excluding hydrogens is 981 g/mol. The van der Waals surface area contributed by atoms with Crippen LogP contribution in [-0.4, -0.2) is 168 Å². The van der Waals surface area contributed by atoms with Gasteiger partial charge in [0.2, 0.25) is 0 Å². The zero-order valence-electron chi connectivity index (χ0n) is 48.4. The molecule has 2 fully saturated rings. The lowest BCUT2D eigenvalue weighted by Gasteiger charge is -2.27. The van der Waals surface area contributed by atoms with Gasteiger partial charge in [0.1, 0.15) is 49.4 Å². The molecular formula is C64H98N6O8. The van der Waals surface area contributed by atoms with Gasteiger partial charge in [-0.3, -0.25) is 9.80 Å². The highest BCUT2D eigenvalue weighted by Gasteiger charge is 2.25. The van der Waals surface area contributed by atoms with Crippen molar-refractivity contribution in [1.82, 2.24) is 31.1 Å². The van der Waals surface area contributed by atoms with Crippen LogP contribution in [0.2, 0.25) is 0 Å². The number of para-hydroxylation sites is 2. The number of ether oxygens (including phenoxy) is 8. The minimum Gasteiger partial charge on any atom is -0.491 e. The van der Waals surface area contributed by atoms with E-state index in [0.29, 0.717) is 105 Å². The van der Waals surface area contributed by atoms with Crippen molar-refractivity contribution in [1.29, 1.82) is 0 Å². The molecule has 432 valence electrons. The SMILES string of the molecule is CCOCCOc1c2cccc1Cc1cc(CN3CCCNCCCNCCC3)cc(c1OCCOCC)Cc1cc(CN3CCCNCCCNCCC3)cc(c1OCCOCC)Cc1cccc(c1OCCOCC)C2. The van der Waals surface area contributed by atoms with Gasteiger partial charge in [-0.25, -0.2) is 0 Å². The van der Waals surface area contributed by atoms with Crippen molar-refractivity contribution >= 4 is 0 Å². The molecule has 0 radical (unpaired) electrons. The minimum atomic E-state index is 0.430. The third kappa shape index (κ3) is 20.7. The Morgan fingerprint density at radius 3 is 0.885 bits per heavy atom. The van der Waals surface area contributed by atoms with Gasteiger partial charge in [-0.15, -0.1) is 0 Å². The predicted octanol–water partition coefficient (Wildman–Crippen LogP) is 8.35. The molecule has 78 heavy (non-hydrogen) atoms. The number of hydrogen-bond acceptors (Lipinski definition) is 14. The quantitative estimate of drug-likeness (QED) is 0.0442. The van der Waals surface area contributed by atoms with Crippen molar-refractivity contribution in [3.63, 3.8) is 0 Å². The summed E-state index contributed by atoms with van der Waals surface area (Å²) in [6.07, 6.45) is 9.15. The van der Waals surface area contributed by atoms with Gasteiger partial charge in [-0.2, -0.15) is 0 Å². The van der Waals surface area contributed by atoms with Crippen LogP contribution in [0.4, 0.5) is 0 Å². The van der Waals surface area contributed by atoms with Gasteiger partial charge in [0.15, 0.2) is 0 Å². The summed E-state index contributed by atoms with van der Waals surface area (Å²) in [5, 5.41) is 14.8. The van der Waals surface area contributed by atoms with Crippen LogP contribution in [0.5, 0.6) is 23.0 Å². The Morgan fingerprint density at radius 2 is 0.590 bits per heavy atom. The molecule has 2 heterocycles.